The van der Waals surface area contributed by atoms with E-state index in [1.165, 1.54) is 10.9 Å². The highest BCUT2D eigenvalue weighted by molar-refractivity contribution is 7.18. The Bertz CT molecular complexity index is 1240. The van der Waals surface area contributed by atoms with Gasteiger partial charge in [0, 0.05) is 16.9 Å². The molecular formula is C22H22ClN3O5S. The van der Waals surface area contributed by atoms with Crippen LogP contribution < -0.4 is 5.56 Å². The van der Waals surface area contributed by atoms with Crippen molar-refractivity contribution < 1.29 is 19.1 Å². The van der Waals surface area contributed by atoms with Crippen LogP contribution in [0.25, 0.3) is 5.69 Å². The van der Waals surface area contributed by atoms with E-state index < -0.39 is 11.9 Å². The number of esters is 2. The molecule has 0 aliphatic carbocycles. The molecule has 0 amide bonds. The molecule has 3 rings (SSSR count). The molecule has 0 atom stereocenters. The van der Waals surface area contributed by atoms with Crippen LogP contribution in [0.15, 0.2) is 34.1 Å². The molecule has 2 aromatic heterocycles. The highest BCUT2D eigenvalue weighted by Crippen LogP contribution is 2.36. The fourth-order valence-corrected chi connectivity index (χ4v) is 4.19. The number of rotatable bonds is 7. The first kappa shape index (κ1) is 23.5. The summed E-state index contributed by atoms with van der Waals surface area (Å²) in [5.74, 6) is -1.13. The van der Waals surface area contributed by atoms with E-state index in [2.05, 4.69) is 10.1 Å². The summed E-state index contributed by atoms with van der Waals surface area (Å²) in [6.45, 7) is 7.16. The molecule has 0 saturated carbocycles. The molecule has 0 unspecified atom stereocenters. The minimum Gasteiger partial charge on any atom is -0.462 e. The van der Waals surface area contributed by atoms with Gasteiger partial charge >= 0.3 is 11.9 Å². The number of nitrogens with zero attached hydrogens (tertiary/aromatic N) is 2. The fourth-order valence-electron chi connectivity index (χ4n) is 3.03. The van der Waals surface area contributed by atoms with Crippen molar-refractivity contribution >= 4 is 46.1 Å². The van der Waals surface area contributed by atoms with E-state index in [9.17, 15) is 14.4 Å². The Morgan fingerprint density at radius 2 is 1.75 bits per heavy atom. The Hall–Kier alpha value is -3.17. The molecule has 2 heterocycles. The van der Waals surface area contributed by atoms with Crippen molar-refractivity contribution in [1.29, 1.82) is 0 Å². The van der Waals surface area contributed by atoms with E-state index in [0.29, 0.717) is 27.5 Å². The number of hydrogen-bond acceptors (Lipinski definition) is 7. The molecule has 3 aromatic rings. The summed E-state index contributed by atoms with van der Waals surface area (Å²) in [6.07, 6.45) is 1.38. The quantitative estimate of drug-likeness (QED) is 0.397. The largest absolute Gasteiger partial charge is 0.462 e. The molecule has 1 N–H and O–H groups in total. The maximum Gasteiger partial charge on any atom is 0.348 e. The molecule has 0 radical (unpaired) electrons. The number of aryl methyl sites for hydroxylation is 1. The lowest BCUT2D eigenvalue weighted by Gasteiger charge is -2.03. The van der Waals surface area contributed by atoms with Gasteiger partial charge in [0.05, 0.1) is 24.5 Å². The Morgan fingerprint density at radius 1 is 1.12 bits per heavy atom. The number of benzene rings is 1. The molecule has 10 heteroatoms. The van der Waals surface area contributed by atoms with Crippen molar-refractivity contribution in [3.8, 4) is 5.69 Å². The second kappa shape index (κ2) is 9.97. The van der Waals surface area contributed by atoms with Gasteiger partial charge in [0.2, 0.25) is 0 Å². The van der Waals surface area contributed by atoms with E-state index >= 15 is 0 Å². The standard InChI is InChI=1S/C22H22ClN3O5S/c1-5-30-21(28)17-12(3)18(22(29)31-6-2)32-19(17)24-11-16-13(4)25-26(20(16)27)15-9-7-14(23)8-10-15/h7-11,25H,5-6H2,1-4H3. The second-order valence-electron chi connectivity index (χ2n) is 6.70. The van der Waals surface area contributed by atoms with E-state index in [-0.39, 0.29) is 34.2 Å². The van der Waals surface area contributed by atoms with E-state index in [0.717, 1.165) is 11.3 Å². The maximum atomic E-state index is 12.9. The average molecular weight is 476 g/mol. The Kier molecular flexibility index (Phi) is 7.32. The molecule has 0 bridgehead atoms. The summed E-state index contributed by atoms with van der Waals surface area (Å²) in [6, 6.07) is 6.80. The van der Waals surface area contributed by atoms with Crippen molar-refractivity contribution in [1.82, 2.24) is 9.78 Å². The van der Waals surface area contributed by atoms with Gasteiger partial charge in [-0.05, 0) is 57.5 Å². The SMILES string of the molecule is CCOC(=O)c1sc(N=Cc2c(C)[nH]n(-c3ccc(Cl)cc3)c2=O)c(C(=O)OCC)c1C. The number of aromatic amines is 1. The monoisotopic (exact) mass is 475 g/mol. The van der Waals surface area contributed by atoms with Crippen molar-refractivity contribution in [3.05, 3.63) is 66.9 Å². The second-order valence-corrected chi connectivity index (χ2v) is 8.14. The highest BCUT2D eigenvalue weighted by Gasteiger charge is 2.26. The highest BCUT2D eigenvalue weighted by atomic mass is 35.5. The third-order valence-corrected chi connectivity index (χ3v) is 6.01. The number of ether oxygens (including phenoxy) is 2. The van der Waals surface area contributed by atoms with Crippen LogP contribution in [-0.4, -0.2) is 41.1 Å². The number of halogens is 1. The van der Waals surface area contributed by atoms with Crippen molar-refractivity contribution in [2.45, 2.75) is 27.7 Å². The normalized spacial score (nSPS) is 11.2. The summed E-state index contributed by atoms with van der Waals surface area (Å²) in [4.78, 5) is 42.4. The van der Waals surface area contributed by atoms with Crippen LogP contribution in [0.1, 0.15) is 50.7 Å². The van der Waals surface area contributed by atoms with E-state index in [1.807, 2.05) is 0 Å². The zero-order chi connectivity index (χ0) is 23.4. The summed E-state index contributed by atoms with van der Waals surface area (Å²) in [5, 5.41) is 3.83. The summed E-state index contributed by atoms with van der Waals surface area (Å²) < 4.78 is 11.6. The van der Waals surface area contributed by atoms with Crippen LogP contribution in [-0.2, 0) is 9.47 Å². The number of carbonyl (C=O) groups excluding carboxylic acids is 2. The van der Waals surface area contributed by atoms with E-state index in [1.54, 1.807) is 52.0 Å². The number of thiophene rings is 1. The fraction of sp³-hybridized carbons (Fsp3) is 0.273. The first-order chi connectivity index (χ1) is 15.3. The van der Waals surface area contributed by atoms with Crippen LogP contribution in [0.3, 0.4) is 0 Å². The van der Waals surface area contributed by atoms with Gasteiger partial charge in [-0.1, -0.05) is 11.6 Å². The molecule has 1 aromatic carbocycles. The number of nitrogens with one attached hydrogen (secondary N) is 1. The summed E-state index contributed by atoms with van der Waals surface area (Å²) in [5.41, 5.74) is 1.82. The molecule has 32 heavy (non-hydrogen) atoms. The molecule has 168 valence electrons. The third kappa shape index (κ3) is 4.68. The number of hydrogen-bond donors (Lipinski definition) is 1. The minimum atomic E-state index is -0.590. The average Bonchev–Trinajstić information content (AvgIpc) is 3.23. The molecule has 0 aliphatic heterocycles. The Morgan fingerprint density at radius 3 is 2.38 bits per heavy atom. The Balaban J connectivity index is 2.04. The molecule has 0 aliphatic rings. The first-order valence-electron chi connectivity index (χ1n) is 9.87. The lowest BCUT2D eigenvalue weighted by atomic mass is 10.1. The van der Waals surface area contributed by atoms with Crippen molar-refractivity contribution in [3.63, 3.8) is 0 Å². The molecule has 0 spiro atoms. The first-order valence-corrected chi connectivity index (χ1v) is 11.1. The van der Waals surface area contributed by atoms with Gasteiger partial charge in [-0.3, -0.25) is 9.89 Å². The van der Waals surface area contributed by atoms with Crippen molar-refractivity contribution in [2.75, 3.05) is 13.2 Å². The van der Waals surface area contributed by atoms with E-state index in [4.69, 9.17) is 21.1 Å². The number of aromatic nitrogens is 2. The number of H-pyrrole nitrogens is 1. The third-order valence-electron chi connectivity index (χ3n) is 4.58. The molecule has 0 fully saturated rings. The topological polar surface area (TPSA) is 103 Å². The van der Waals surface area contributed by atoms with Crippen LogP contribution in [0.4, 0.5) is 5.00 Å². The predicted molar refractivity (Wildman–Crippen MR) is 124 cm³/mol. The van der Waals surface area contributed by atoms with Gasteiger partial charge in [-0.15, -0.1) is 11.3 Å². The van der Waals surface area contributed by atoms with Gasteiger partial charge in [0.25, 0.3) is 5.56 Å². The predicted octanol–water partition coefficient (Wildman–Crippen LogP) is 4.60. The van der Waals surface area contributed by atoms with Crippen LogP contribution in [0.2, 0.25) is 5.02 Å². The zero-order valence-electron chi connectivity index (χ0n) is 18.0. The van der Waals surface area contributed by atoms with Gasteiger partial charge in [0.1, 0.15) is 15.4 Å². The Labute approximate surface area is 193 Å². The zero-order valence-corrected chi connectivity index (χ0v) is 19.6. The number of carbonyl (C=O) groups is 2. The van der Waals surface area contributed by atoms with Crippen LogP contribution >= 0.6 is 22.9 Å². The lowest BCUT2D eigenvalue weighted by molar-refractivity contribution is 0.0527. The summed E-state index contributed by atoms with van der Waals surface area (Å²) >= 11 is 6.94. The maximum absolute atomic E-state index is 12.9. The van der Waals surface area contributed by atoms with Crippen molar-refractivity contribution in [2.24, 2.45) is 4.99 Å². The molecule has 0 saturated heterocycles. The van der Waals surface area contributed by atoms with Crippen LogP contribution in [0.5, 0.6) is 0 Å². The van der Waals surface area contributed by atoms with Gasteiger partial charge in [-0.25, -0.2) is 19.3 Å². The molecular weight excluding hydrogens is 454 g/mol. The number of aliphatic imine (C=N–C) groups is 1. The van der Waals surface area contributed by atoms with Gasteiger partial charge < -0.3 is 9.47 Å². The molecule has 8 nitrogen and oxygen atoms in total. The minimum absolute atomic E-state index is 0.175. The van der Waals surface area contributed by atoms with Gasteiger partial charge in [-0.2, -0.15) is 0 Å². The summed E-state index contributed by atoms with van der Waals surface area (Å²) in [7, 11) is 0. The lowest BCUT2D eigenvalue weighted by Crippen LogP contribution is -2.17. The smallest absolute Gasteiger partial charge is 0.348 e. The van der Waals surface area contributed by atoms with Crippen LogP contribution in [0, 0.1) is 13.8 Å². The van der Waals surface area contributed by atoms with Gasteiger partial charge in [0.15, 0.2) is 0 Å².